The van der Waals surface area contributed by atoms with E-state index >= 15 is 0 Å². The van der Waals surface area contributed by atoms with Gasteiger partial charge in [0.1, 0.15) is 6.04 Å². The molecule has 0 aromatic heterocycles. The Labute approximate surface area is 193 Å². The Balaban J connectivity index is 1.63. The molecule has 1 unspecified atom stereocenters. The third-order valence-electron chi connectivity index (χ3n) is 4.81. The number of hydrazone groups is 1. The largest absolute Gasteiger partial charge is 0.493 e. The maximum Gasteiger partial charge on any atom is 0.262 e. The van der Waals surface area contributed by atoms with Gasteiger partial charge in [-0.2, -0.15) is 5.10 Å². The molecule has 1 heterocycles. The van der Waals surface area contributed by atoms with Gasteiger partial charge >= 0.3 is 0 Å². The van der Waals surface area contributed by atoms with Crippen molar-refractivity contribution in [3.05, 3.63) is 47.5 Å². The first-order valence-corrected chi connectivity index (χ1v) is 10.7. The van der Waals surface area contributed by atoms with Crippen LogP contribution in [0.2, 0.25) is 0 Å². The third-order valence-corrected chi connectivity index (χ3v) is 4.81. The molecule has 2 aromatic carbocycles. The van der Waals surface area contributed by atoms with E-state index in [1.165, 1.54) is 6.21 Å². The Morgan fingerprint density at radius 2 is 1.79 bits per heavy atom. The molecule has 1 atom stereocenters. The van der Waals surface area contributed by atoms with Crippen LogP contribution in [0.25, 0.3) is 0 Å². The predicted molar refractivity (Wildman–Crippen MR) is 123 cm³/mol. The Morgan fingerprint density at radius 1 is 1.03 bits per heavy atom. The van der Waals surface area contributed by atoms with Gasteiger partial charge in [-0.1, -0.05) is 13.8 Å². The van der Waals surface area contributed by atoms with Crippen LogP contribution in [0.4, 0.5) is 0 Å². The third kappa shape index (κ3) is 6.15. The highest BCUT2D eigenvalue weighted by atomic mass is 16.7. The van der Waals surface area contributed by atoms with Gasteiger partial charge < -0.3 is 24.3 Å². The number of fused-ring (bicyclic) bond motifs is 1. The molecule has 0 spiro atoms. The highest BCUT2D eigenvalue weighted by Gasteiger charge is 2.25. The summed E-state index contributed by atoms with van der Waals surface area (Å²) in [5.41, 5.74) is 3.58. The Bertz CT molecular complexity index is 1030. The van der Waals surface area contributed by atoms with Crippen LogP contribution >= 0.6 is 0 Å². The number of ether oxygens (including phenoxy) is 4. The van der Waals surface area contributed by atoms with Gasteiger partial charge in [-0.15, -0.1) is 0 Å². The number of amides is 2. The van der Waals surface area contributed by atoms with Crippen LogP contribution < -0.4 is 29.7 Å². The van der Waals surface area contributed by atoms with Crippen molar-refractivity contribution < 1.29 is 28.5 Å². The molecular formula is C24H29N3O6. The molecule has 0 radical (unpaired) electrons. The van der Waals surface area contributed by atoms with Crippen LogP contribution in [0.1, 0.15) is 43.6 Å². The number of hydrogen-bond donors (Lipinski definition) is 2. The van der Waals surface area contributed by atoms with Crippen LogP contribution in [0.15, 0.2) is 41.5 Å². The molecule has 2 amide bonds. The second-order valence-electron chi connectivity index (χ2n) is 8.07. The second-order valence-corrected chi connectivity index (χ2v) is 8.07. The van der Waals surface area contributed by atoms with Gasteiger partial charge in [0.2, 0.25) is 6.79 Å². The molecule has 0 bridgehead atoms. The van der Waals surface area contributed by atoms with E-state index in [4.69, 9.17) is 18.9 Å². The summed E-state index contributed by atoms with van der Waals surface area (Å²) < 4.78 is 21.6. The number of carbonyl (C=O) groups is 2. The summed E-state index contributed by atoms with van der Waals surface area (Å²) in [4.78, 5) is 25.4. The monoisotopic (exact) mass is 455 g/mol. The van der Waals surface area contributed by atoms with E-state index < -0.39 is 17.9 Å². The molecule has 9 heteroatoms. The summed E-state index contributed by atoms with van der Waals surface area (Å²) in [5, 5.41) is 6.79. The van der Waals surface area contributed by atoms with E-state index in [0.717, 1.165) is 0 Å². The summed E-state index contributed by atoms with van der Waals surface area (Å²) in [5.74, 6) is 1.29. The van der Waals surface area contributed by atoms with Crippen molar-refractivity contribution in [2.24, 2.45) is 11.0 Å². The molecule has 33 heavy (non-hydrogen) atoms. The van der Waals surface area contributed by atoms with E-state index in [1.807, 2.05) is 27.7 Å². The highest BCUT2D eigenvalue weighted by Crippen LogP contribution is 2.32. The molecule has 1 aliphatic rings. The van der Waals surface area contributed by atoms with Crippen molar-refractivity contribution in [2.45, 2.75) is 39.8 Å². The highest BCUT2D eigenvalue weighted by molar-refractivity contribution is 5.98. The molecule has 0 saturated heterocycles. The predicted octanol–water partition coefficient (Wildman–Crippen LogP) is 3.12. The number of nitrogens with one attached hydrogen (secondary N) is 2. The van der Waals surface area contributed by atoms with Gasteiger partial charge in [0, 0.05) is 5.56 Å². The van der Waals surface area contributed by atoms with Crippen molar-refractivity contribution in [3.63, 3.8) is 0 Å². The van der Waals surface area contributed by atoms with Gasteiger partial charge in [-0.05, 0) is 61.7 Å². The topological polar surface area (TPSA) is 107 Å². The summed E-state index contributed by atoms with van der Waals surface area (Å²) in [6.45, 7) is 7.66. The van der Waals surface area contributed by atoms with Crippen LogP contribution in [0, 0.1) is 5.92 Å². The minimum Gasteiger partial charge on any atom is -0.493 e. The Hall–Kier alpha value is -3.75. The minimum atomic E-state index is -0.781. The Morgan fingerprint density at radius 3 is 2.48 bits per heavy atom. The zero-order chi connectivity index (χ0) is 24.0. The average Bonchev–Trinajstić information content (AvgIpc) is 3.25. The number of rotatable bonds is 9. The number of carbonyl (C=O) groups excluding carboxylic acids is 2. The lowest BCUT2D eigenvalue weighted by Gasteiger charge is -2.20. The van der Waals surface area contributed by atoms with Gasteiger partial charge in [0.15, 0.2) is 23.0 Å². The van der Waals surface area contributed by atoms with Crippen molar-refractivity contribution in [2.75, 3.05) is 13.9 Å². The van der Waals surface area contributed by atoms with Crippen LogP contribution in [0.3, 0.4) is 0 Å². The van der Waals surface area contributed by atoms with Crippen LogP contribution in [-0.4, -0.2) is 44.1 Å². The summed E-state index contributed by atoms with van der Waals surface area (Å²) in [6, 6.07) is 9.44. The minimum absolute atomic E-state index is 0.0125. The van der Waals surface area contributed by atoms with E-state index in [2.05, 4.69) is 15.8 Å². The number of methoxy groups -OCH3 is 1. The fourth-order valence-corrected chi connectivity index (χ4v) is 3.15. The van der Waals surface area contributed by atoms with Crippen molar-refractivity contribution in [3.8, 4) is 23.0 Å². The van der Waals surface area contributed by atoms with E-state index in [-0.39, 0.29) is 18.8 Å². The molecule has 0 saturated carbocycles. The number of hydrogen-bond acceptors (Lipinski definition) is 7. The molecule has 2 N–H and O–H groups in total. The van der Waals surface area contributed by atoms with Crippen molar-refractivity contribution in [1.82, 2.24) is 10.7 Å². The zero-order valence-electron chi connectivity index (χ0n) is 19.4. The molecule has 3 rings (SSSR count). The van der Waals surface area contributed by atoms with Gasteiger partial charge in [-0.25, -0.2) is 5.43 Å². The first-order valence-electron chi connectivity index (χ1n) is 10.7. The normalized spacial score (nSPS) is 13.3. The quantitative estimate of drug-likeness (QED) is 0.444. The summed E-state index contributed by atoms with van der Waals surface area (Å²) in [7, 11) is 1.56. The standard InChI is InChI=1S/C24H29N3O6/c1-14(2)22(26-23(28)17-7-9-18-21(11-17)32-13-31-18)24(29)27-25-12-16-6-8-19(33-15(3)4)20(10-16)30-5/h6-12,14-15,22H,13H2,1-5H3,(H,26,28)(H,27,29)/b25-12+. The second kappa shape index (κ2) is 10.7. The van der Waals surface area contributed by atoms with Crippen molar-refractivity contribution in [1.29, 1.82) is 0 Å². The number of nitrogens with zero attached hydrogens (tertiary/aromatic N) is 1. The molecule has 176 valence electrons. The molecule has 9 nitrogen and oxygen atoms in total. The molecule has 2 aromatic rings. The van der Waals surface area contributed by atoms with E-state index in [0.29, 0.717) is 34.1 Å². The zero-order valence-corrected chi connectivity index (χ0v) is 19.4. The molecule has 0 fully saturated rings. The summed E-state index contributed by atoms with van der Waals surface area (Å²) >= 11 is 0. The maximum atomic E-state index is 12.7. The lowest BCUT2D eigenvalue weighted by atomic mass is 10.0. The molecule has 1 aliphatic heterocycles. The van der Waals surface area contributed by atoms with Gasteiger partial charge in [0.05, 0.1) is 19.4 Å². The van der Waals surface area contributed by atoms with Crippen LogP contribution in [0.5, 0.6) is 23.0 Å². The lowest BCUT2D eigenvalue weighted by Crippen LogP contribution is -2.48. The SMILES string of the molecule is COc1cc(/C=N/NC(=O)C(NC(=O)c2ccc3c(c2)OCO3)C(C)C)ccc1OC(C)C. The summed E-state index contributed by atoms with van der Waals surface area (Å²) in [6.07, 6.45) is 1.51. The number of benzene rings is 2. The first kappa shape index (κ1) is 23.9. The molecular weight excluding hydrogens is 426 g/mol. The van der Waals surface area contributed by atoms with Crippen LogP contribution in [-0.2, 0) is 4.79 Å². The fraction of sp³-hybridized carbons (Fsp3) is 0.375. The van der Waals surface area contributed by atoms with E-state index in [9.17, 15) is 9.59 Å². The maximum absolute atomic E-state index is 12.7. The fourth-order valence-electron chi connectivity index (χ4n) is 3.15. The van der Waals surface area contributed by atoms with E-state index in [1.54, 1.807) is 43.5 Å². The van der Waals surface area contributed by atoms with Gasteiger partial charge in [-0.3, -0.25) is 9.59 Å². The van der Waals surface area contributed by atoms with Gasteiger partial charge in [0.25, 0.3) is 11.8 Å². The Kier molecular flexibility index (Phi) is 7.76. The first-order chi connectivity index (χ1) is 15.8. The molecule has 0 aliphatic carbocycles. The smallest absolute Gasteiger partial charge is 0.262 e. The van der Waals surface area contributed by atoms with Crippen molar-refractivity contribution >= 4 is 18.0 Å². The lowest BCUT2D eigenvalue weighted by molar-refractivity contribution is -0.123. The average molecular weight is 456 g/mol.